The maximum absolute atomic E-state index is 14.3. The Balaban J connectivity index is 1.69. The Kier molecular flexibility index (Phi) is 5.41. The number of hydrogen-bond acceptors (Lipinski definition) is 3. The molecule has 0 aliphatic heterocycles. The molecule has 1 aromatic carbocycles. The lowest BCUT2D eigenvalue weighted by molar-refractivity contribution is 0.566. The van der Waals surface area contributed by atoms with E-state index in [1.165, 1.54) is 12.1 Å². The van der Waals surface area contributed by atoms with Crippen LogP contribution in [0.15, 0.2) is 67.0 Å². The van der Waals surface area contributed by atoms with Gasteiger partial charge in [-0.25, -0.2) is 13.5 Å². The Morgan fingerprint density at radius 2 is 1.59 bits per heavy atom. The van der Waals surface area contributed by atoms with Gasteiger partial charge in [0, 0.05) is 35.1 Å². The zero-order valence-electron chi connectivity index (χ0n) is 18.9. The highest BCUT2D eigenvalue weighted by Gasteiger charge is 2.28. The van der Waals surface area contributed by atoms with Crippen LogP contribution in [0.3, 0.4) is 0 Å². The smallest absolute Gasteiger partial charge is 0.135 e. The van der Waals surface area contributed by atoms with E-state index in [-0.39, 0.29) is 11.0 Å². The number of hydrogen-bond donors (Lipinski definition) is 0. The van der Waals surface area contributed by atoms with Gasteiger partial charge in [-0.05, 0) is 56.3 Å². The summed E-state index contributed by atoms with van der Waals surface area (Å²) in [5, 5.41) is 4.81. The zero-order chi connectivity index (χ0) is 23.1. The molecule has 0 fully saturated rings. The van der Waals surface area contributed by atoms with Crippen LogP contribution in [0.4, 0.5) is 8.78 Å². The summed E-state index contributed by atoms with van der Waals surface area (Å²) in [6.45, 7) is 10.4. The molecule has 164 valence electrons. The molecule has 4 aromatic rings. The van der Waals surface area contributed by atoms with Gasteiger partial charge in [0.1, 0.15) is 11.6 Å². The number of nitrogens with zero attached hydrogens (tertiary/aromatic N) is 4. The second-order valence-electron chi connectivity index (χ2n) is 9.45. The van der Waals surface area contributed by atoms with Crippen molar-refractivity contribution in [1.82, 2.24) is 19.7 Å². The van der Waals surface area contributed by atoms with Crippen LogP contribution in [0.25, 0.3) is 16.9 Å². The van der Waals surface area contributed by atoms with Crippen molar-refractivity contribution in [2.24, 2.45) is 0 Å². The quantitative estimate of drug-likeness (QED) is 0.384. The summed E-state index contributed by atoms with van der Waals surface area (Å²) in [5.74, 6) is -1.25. The van der Waals surface area contributed by atoms with Gasteiger partial charge >= 0.3 is 0 Å². The molecule has 0 spiro atoms. The number of rotatable bonds is 4. The first kappa shape index (κ1) is 21.8. The third kappa shape index (κ3) is 4.17. The second-order valence-corrected chi connectivity index (χ2v) is 9.45. The molecule has 0 bridgehead atoms. The van der Waals surface area contributed by atoms with E-state index in [4.69, 9.17) is 5.10 Å². The first-order valence-electron chi connectivity index (χ1n) is 10.5. The number of benzene rings is 1. The Labute approximate surface area is 187 Å². The minimum absolute atomic E-state index is 0.0642. The van der Waals surface area contributed by atoms with Gasteiger partial charge in [-0.3, -0.25) is 9.97 Å². The molecule has 32 heavy (non-hydrogen) atoms. The van der Waals surface area contributed by atoms with Gasteiger partial charge in [-0.2, -0.15) is 5.10 Å². The number of pyridine rings is 2. The minimum atomic E-state index is -0.635. The van der Waals surface area contributed by atoms with E-state index in [1.54, 1.807) is 12.3 Å². The monoisotopic (exact) mass is 432 g/mol. The van der Waals surface area contributed by atoms with Gasteiger partial charge in [-0.1, -0.05) is 26.8 Å². The maximum atomic E-state index is 14.3. The third-order valence-electron chi connectivity index (χ3n) is 5.60. The molecule has 0 unspecified atom stereocenters. The molecule has 3 heterocycles. The van der Waals surface area contributed by atoms with Crippen molar-refractivity contribution < 1.29 is 8.78 Å². The highest BCUT2D eigenvalue weighted by atomic mass is 19.1. The fraction of sp³-hybridized carbons (Fsp3) is 0.269. The normalized spacial score (nSPS) is 12.2. The van der Waals surface area contributed by atoms with Crippen molar-refractivity contribution in [3.8, 4) is 16.9 Å². The molecule has 0 aliphatic carbocycles. The van der Waals surface area contributed by atoms with Crippen LogP contribution in [0.5, 0.6) is 0 Å². The first-order chi connectivity index (χ1) is 15.1. The van der Waals surface area contributed by atoms with E-state index < -0.39 is 17.0 Å². The first-order valence-corrected chi connectivity index (χ1v) is 10.5. The summed E-state index contributed by atoms with van der Waals surface area (Å²) < 4.78 is 29.4. The topological polar surface area (TPSA) is 43.6 Å². The van der Waals surface area contributed by atoms with Crippen molar-refractivity contribution in [2.75, 3.05) is 0 Å². The molecule has 6 heteroatoms. The van der Waals surface area contributed by atoms with Crippen molar-refractivity contribution in [2.45, 2.75) is 45.4 Å². The Morgan fingerprint density at radius 1 is 0.812 bits per heavy atom. The fourth-order valence-electron chi connectivity index (χ4n) is 3.53. The van der Waals surface area contributed by atoms with Gasteiger partial charge in [0.15, 0.2) is 0 Å². The highest BCUT2D eigenvalue weighted by Crippen LogP contribution is 2.32. The molecule has 4 rings (SSSR count). The van der Waals surface area contributed by atoms with Crippen LogP contribution in [0.1, 0.15) is 51.7 Å². The van der Waals surface area contributed by atoms with Crippen LogP contribution >= 0.6 is 0 Å². The number of halogens is 2. The van der Waals surface area contributed by atoms with Crippen LogP contribution < -0.4 is 0 Å². The average Bonchev–Trinajstić information content (AvgIpc) is 3.25. The second kappa shape index (κ2) is 7.93. The molecule has 0 saturated carbocycles. The van der Waals surface area contributed by atoms with Crippen molar-refractivity contribution >= 4 is 0 Å². The lowest BCUT2D eigenvalue weighted by atomic mass is 9.85. The SMILES string of the molecule is CC(C)(C)c1cc(-n2ccc(C(C)(C)c3cccc(-c4ccc(F)cc4F)n3)n2)ccn1. The van der Waals surface area contributed by atoms with Gasteiger partial charge in [0.2, 0.25) is 0 Å². The molecule has 0 N–H and O–H groups in total. The van der Waals surface area contributed by atoms with Crippen LogP contribution in [-0.4, -0.2) is 19.7 Å². The van der Waals surface area contributed by atoms with E-state index in [1.807, 2.05) is 55.1 Å². The predicted molar refractivity (Wildman–Crippen MR) is 122 cm³/mol. The summed E-state index contributed by atoms with van der Waals surface area (Å²) in [5.41, 5.74) is 3.62. The van der Waals surface area contributed by atoms with E-state index in [9.17, 15) is 8.78 Å². The summed E-state index contributed by atoms with van der Waals surface area (Å²) in [7, 11) is 0. The molecule has 0 amide bonds. The molecule has 0 saturated heterocycles. The van der Waals surface area contributed by atoms with Crippen LogP contribution in [-0.2, 0) is 10.8 Å². The van der Waals surface area contributed by atoms with E-state index in [2.05, 4.69) is 30.7 Å². The standard InChI is InChI=1S/C26H26F2N4/c1-25(2,3)24-16-18(11-13-29-24)32-14-12-23(31-32)26(4,5)22-8-6-7-21(30-22)19-10-9-17(27)15-20(19)28/h6-16H,1-5H3. The van der Waals surface area contributed by atoms with Gasteiger partial charge in [0.05, 0.1) is 28.2 Å². The lowest BCUT2D eigenvalue weighted by Crippen LogP contribution is -2.22. The highest BCUT2D eigenvalue weighted by molar-refractivity contribution is 5.60. The lowest BCUT2D eigenvalue weighted by Gasteiger charge is -2.22. The van der Waals surface area contributed by atoms with Gasteiger partial charge in [0.25, 0.3) is 0 Å². The summed E-state index contributed by atoms with van der Waals surface area (Å²) in [6.07, 6.45) is 3.72. The van der Waals surface area contributed by atoms with Gasteiger partial charge < -0.3 is 0 Å². The van der Waals surface area contributed by atoms with Crippen LogP contribution in [0, 0.1) is 11.6 Å². The van der Waals surface area contributed by atoms with Crippen molar-refractivity contribution in [3.63, 3.8) is 0 Å². The fourth-order valence-corrected chi connectivity index (χ4v) is 3.53. The van der Waals surface area contributed by atoms with Crippen molar-refractivity contribution in [1.29, 1.82) is 0 Å². The molecule has 0 atom stereocenters. The molecule has 0 aliphatic rings. The van der Waals surface area contributed by atoms with E-state index >= 15 is 0 Å². The molecule has 3 aromatic heterocycles. The zero-order valence-corrected chi connectivity index (χ0v) is 18.9. The maximum Gasteiger partial charge on any atom is 0.135 e. The molecule has 0 radical (unpaired) electrons. The minimum Gasteiger partial charge on any atom is -0.261 e. The molecular formula is C26H26F2N4. The Hall–Kier alpha value is -3.41. The molecular weight excluding hydrogens is 406 g/mol. The van der Waals surface area contributed by atoms with E-state index in [0.717, 1.165) is 28.8 Å². The van der Waals surface area contributed by atoms with Gasteiger partial charge in [-0.15, -0.1) is 0 Å². The number of aromatic nitrogens is 4. The largest absolute Gasteiger partial charge is 0.261 e. The van der Waals surface area contributed by atoms with Crippen LogP contribution in [0.2, 0.25) is 0 Å². The van der Waals surface area contributed by atoms with Crippen molar-refractivity contribution in [3.05, 3.63) is 95.7 Å². The average molecular weight is 433 g/mol. The summed E-state index contributed by atoms with van der Waals surface area (Å²) in [4.78, 5) is 9.17. The molecule has 4 nitrogen and oxygen atoms in total. The third-order valence-corrected chi connectivity index (χ3v) is 5.60. The van der Waals surface area contributed by atoms with E-state index in [0.29, 0.717) is 5.69 Å². The Morgan fingerprint density at radius 3 is 2.31 bits per heavy atom. The predicted octanol–water partition coefficient (Wildman–Crippen LogP) is 6.23. The Bertz CT molecular complexity index is 1270. The summed E-state index contributed by atoms with van der Waals surface area (Å²) in [6, 6.07) is 14.9. The summed E-state index contributed by atoms with van der Waals surface area (Å²) >= 11 is 0.